The van der Waals surface area contributed by atoms with E-state index in [9.17, 15) is 4.79 Å². The van der Waals surface area contributed by atoms with E-state index in [4.69, 9.17) is 0 Å². The molecule has 1 aromatic heterocycles. The third kappa shape index (κ3) is 2.68. The molecule has 1 aliphatic rings. The second-order valence-electron chi connectivity index (χ2n) is 5.15. The van der Waals surface area contributed by atoms with Gasteiger partial charge in [-0.2, -0.15) is 5.10 Å². The van der Waals surface area contributed by atoms with E-state index in [0.717, 1.165) is 48.8 Å². The summed E-state index contributed by atoms with van der Waals surface area (Å²) in [5.74, 6) is 1.00. The molecule has 4 nitrogen and oxygen atoms in total. The summed E-state index contributed by atoms with van der Waals surface area (Å²) >= 11 is 0. The third-order valence-electron chi connectivity index (χ3n) is 3.75. The van der Waals surface area contributed by atoms with Gasteiger partial charge in [-0.1, -0.05) is 6.92 Å². The Hall–Kier alpha value is -1.32. The summed E-state index contributed by atoms with van der Waals surface area (Å²) in [5.41, 5.74) is 3.02. The minimum Gasteiger partial charge on any atom is -0.342 e. The molecule has 0 spiro atoms. The van der Waals surface area contributed by atoms with Crippen LogP contribution in [-0.2, 0) is 11.2 Å². The molecule has 1 saturated heterocycles. The highest BCUT2D eigenvalue weighted by atomic mass is 16.2. The number of carbonyl (C=O) groups is 1. The van der Waals surface area contributed by atoms with Crippen LogP contribution in [0.2, 0.25) is 0 Å². The average Bonchev–Trinajstić information content (AvgIpc) is 2.61. The van der Waals surface area contributed by atoms with Crippen molar-refractivity contribution in [1.82, 2.24) is 15.1 Å². The van der Waals surface area contributed by atoms with Gasteiger partial charge in [0, 0.05) is 24.3 Å². The van der Waals surface area contributed by atoms with E-state index in [1.165, 1.54) is 0 Å². The molecule has 0 aromatic carbocycles. The van der Waals surface area contributed by atoms with E-state index in [2.05, 4.69) is 17.1 Å². The number of rotatable bonds is 2. The van der Waals surface area contributed by atoms with Gasteiger partial charge in [0.05, 0.1) is 12.1 Å². The molecule has 17 heavy (non-hydrogen) atoms. The highest BCUT2D eigenvalue weighted by Crippen LogP contribution is 2.18. The maximum Gasteiger partial charge on any atom is 0.227 e. The zero-order valence-corrected chi connectivity index (χ0v) is 10.9. The van der Waals surface area contributed by atoms with E-state index >= 15 is 0 Å². The number of piperidine rings is 1. The monoisotopic (exact) mass is 235 g/mol. The van der Waals surface area contributed by atoms with Crippen molar-refractivity contribution < 1.29 is 4.79 Å². The number of H-pyrrole nitrogens is 1. The third-order valence-corrected chi connectivity index (χ3v) is 3.75. The Bertz CT molecular complexity index is 383. The summed E-state index contributed by atoms with van der Waals surface area (Å²) in [6, 6.07) is 0. The molecule has 1 aliphatic heterocycles. The van der Waals surface area contributed by atoms with Crippen LogP contribution < -0.4 is 0 Å². The zero-order chi connectivity index (χ0) is 12.4. The van der Waals surface area contributed by atoms with Gasteiger partial charge in [0.15, 0.2) is 0 Å². The summed E-state index contributed by atoms with van der Waals surface area (Å²) in [4.78, 5) is 14.2. The number of aryl methyl sites for hydroxylation is 2. The Balaban J connectivity index is 1.98. The van der Waals surface area contributed by atoms with Gasteiger partial charge < -0.3 is 4.90 Å². The minimum absolute atomic E-state index is 0.240. The largest absolute Gasteiger partial charge is 0.342 e. The Kier molecular flexibility index (Phi) is 3.50. The molecule has 1 N–H and O–H groups in total. The second-order valence-corrected chi connectivity index (χ2v) is 5.15. The van der Waals surface area contributed by atoms with Gasteiger partial charge in [0.1, 0.15) is 0 Å². The lowest BCUT2D eigenvalue weighted by molar-refractivity contribution is -0.131. The number of nitrogens with zero attached hydrogens (tertiary/aromatic N) is 2. The van der Waals surface area contributed by atoms with Crippen LogP contribution in [0.4, 0.5) is 0 Å². The van der Waals surface area contributed by atoms with Crippen molar-refractivity contribution in [1.29, 1.82) is 0 Å². The lowest BCUT2D eigenvalue weighted by Gasteiger charge is -2.30. The number of aromatic amines is 1. The van der Waals surface area contributed by atoms with E-state index in [-0.39, 0.29) is 5.91 Å². The van der Waals surface area contributed by atoms with E-state index in [1.54, 1.807) is 0 Å². The molecule has 2 heterocycles. The molecule has 0 atom stereocenters. The van der Waals surface area contributed by atoms with Gasteiger partial charge in [-0.15, -0.1) is 0 Å². The first-order valence-corrected chi connectivity index (χ1v) is 6.36. The fraction of sp³-hybridized carbons (Fsp3) is 0.692. The molecule has 2 rings (SSSR count). The molecule has 4 heteroatoms. The van der Waals surface area contributed by atoms with Crippen molar-refractivity contribution in [2.24, 2.45) is 5.92 Å². The lowest BCUT2D eigenvalue weighted by atomic mass is 9.98. The normalized spacial score (nSPS) is 17.5. The summed E-state index contributed by atoms with van der Waals surface area (Å²) in [6.45, 7) is 8.00. The Labute approximate surface area is 102 Å². The van der Waals surface area contributed by atoms with Crippen LogP contribution in [0.15, 0.2) is 0 Å². The standard InChI is InChI=1S/C13H21N3O/c1-9-4-6-16(7-5-9)13(17)8-12-10(2)14-15-11(12)3/h9H,4-8H2,1-3H3,(H,14,15). The van der Waals surface area contributed by atoms with Crippen LogP contribution in [0, 0.1) is 19.8 Å². The summed E-state index contributed by atoms with van der Waals surface area (Å²) in [6.07, 6.45) is 2.76. The maximum absolute atomic E-state index is 12.2. The first-order valence-electron chi connectivity index (χ1n) is 6.36. The number of carbonyl (C=O) groups excluding carboxylic acids is 1. The molecular formula is C13H21N3O. The van der Waals surface area contributed by atoms with Gasteiger partial charge in [-0.3, -0.25) is 9.89 Å². The van der Waals surface area contributed by atoms with Crippen LogP contribution in [0.3, 0.4) is 0 Å². The highest BCUT2D eigenvalue weighted by Gasteiger charge is 2.21. The number of hydrogen-bond donors (Lipinski definition) is 1. The van der Waals surface area contributed by atoms with E-state index in [1.807, 2.05) is 18.7 Å². The molecule has 0 unspecified atom stereocenters. The van der Waals surface area contributed by atoms with E-state index in [0.29, 0.717) is 6.42 Å². The SMILES string of the molecule is Cc1n[nH]c(C)c1CC(=O)N1CCC(C)CC1. The van der Waals surface area contributed by atoms with Crippen molar-refractivity contribution in [2.75, 3.05) is 13.1 Å². The quantitative estimate of drug-likeness (QED) is 0.850. The maximum atomic E-state index is 12.2. The Morgan fingerprint density at radius 2 is 2.06 bits per heavy atom. The summed E-state index contributed by atoms with van der Waals surface area (Å²) in [5, 5.41) is 7.06. The Morgan fingerprint density at radius 3 is 2.59 bits per heavy atom. The van der Waals surface area contributed by atoms with Gasteiger partial charge in [-0.05, 0) is 32.6 Å². The fourth-order valence-corrected chi connectivity index (χ4v) is 2.36. The van der Waals surface area contributed by atoms with Gasteiger partial charge >= 0.3 is 0 Å². The molecule has 1 amide bonds. The smallest absolute Gasteiger partial charge is 0.227 e. The highest BCUT2D eigenvalue weighted by molar-refractivity contribution is 5.79. The number of amides is 1. The van der Waals surface area contributed by atoms with Crippen LogP contribution in [0.1, 0.15) is 36.7 Å². The molecule has 94 valence electrons. The van der Waals surface area contributed by atoms with Gasteiger partial charge in [0.2, 0.25) is 5.91 Å². The summed E-state index contributed by atoms with van der Waals surface area (Å²) in [7, 11) is 0. The molecule has 1 aromatic rings. The van der Waals surface area contributed by atoms with Gasteiger partial charge in [-0.25, -0.2) is 0 Å². The first kappa shape index (κ1) is 12.1. The molecular weight excluding hydrogens is 214 g/mol. The van der Waals surface area contributed by atoms with Crippen LogP contribution in [0.5, 0.6) is 0 Å². The predicted octanol–water partition coefficient (Wildman–Crippen LogP) is 1.83. The van der Waals surface area contributed by atoms with Crippen molar-refractivity contribution in [3.05, 3.63) is 17.0 Å². The van der Waals surface area contributed by atoms with Crippen molar-refractivity contribution in [2.45, 2.75) is 40.0 Å². The van der Waals surface area contributed by atoms with Crippen LogP contribution >= 0.6 is 0 Å². The number of nitrogens with one attached hydrogen (secondary N) is 1. The van der Waals surface area contributed by atoms with E-state index < -0.39 is 0 Å². The molecule has 0 bridgehead atoms. The molecule has 0 radical (unpaired) electrons. The van der Waals surface area contributed by atoms with Gasteiger partial charge in [0.25, 0.3) is 0 Å². The first-order chi connectivity index (χ1) is 8.08. The average molecular weight is 235 g/mol. The topological polar surface area (TPSA) is 49.0 Å². The molecule has 0 aliphatic carbocycles. The fourth-order valence-electron chi connectivity index (χ4n) is 2.36. The predicted molar refractivity (Wildman–Crippen MR) is 66.7 cm³/mol. The molecule has 1 fully saturated rings. The number of aromatic nitrogens is 2. The molecule has 0 saturated carbocycles. The Morgan fingerprint density at radius 1 is 1.41 bits per heavy atom. The van der Waals surface area contributed by atoms with Crippen molar-refractivity contribution in [3.63, 3.8) is 0 Å². The lowest BCUT2D eigenvalue weighted by Crippen LogP contribution is -2.38. The zero-order valence-electron chi connectivity index (χ0n) is 10.9. The van der Waals surface area contributed by atoms with Crippen LogP contribution in [-0.4, -0.2) is 34.1 Å². The number of hydrogen-bond acceptors (Lipinski definition) is 2. The summed E-state index contributed by atoms with van der Waals surface area (Å²) < 4.78 is 0. The minimum atomic E-state index is 0.240. The van der Waals surface area contributed by atoms with Crippen LogP contribution in [0.25, 0.3) is 0 Å². The van der Waals surface area contributed by atoms with Crippen molar-refractivity contribution >= 4 is 5.91 Å². The second kappa shape index (κ2) is 4.90. The van der Waals surface area contributed by atoms with Crippen molar-refractivity contribution in [3.8, 4) is 0 Å². The number of likely N-dealkylation sites (tertiary alicyclic amines) is 1.